The molecular weight excluding hydrogens is 262 g/mol. The average molecular weight is 283 g/mol. The number of hydrogen-bond donors (Lipinski definition) is 0. The Bertz CT molecular complexity index is 670. The van der Waals surface area contributed by atoms with E-state index in [0.717, 1.165) is 37.1 Å². The van der Waals surface area contributed by atoms with Gasteiger partial charge >= 0.3 is 0 Å². The number of aromatic nitrogens is 1. The molecule has 0 unspecified atom stereocenters. The molecule has 0 aliphatic heterocycles. The van der Waals surface area contributed by atoms with Gasteiger partial charge in [0, 0.05) is 29.9 Å². The maximum Gasteiger partial charge on any atom is 0.164 e. The number of Topliss-reactive ketones (excluding diaryl/α,β-unsaturated/α-hetero) is 1. The molecule has 1 heterocycles. The second-order valence-corrected chi connectivity index (χ2v) is 5.64. The first-order valence-corrected chi connectivity index (χ1v) is 7.55. The van der Waals surface area contributed by atoms with E-state index in [1.807, 2.05) is 18.2 Å². The van der Waals surface area contributed by atoms with Crippen LogP contribution in [0.4, 0.5) is 0 Å². The molecule has 3 nitrogen and oxygen atoms in total. The van der Waals surface area contributed by atoms with Crippen molar-refractivity contribution >= 4 is 5.78 Å². The highest BCUT2D eigenvalue weighted by atomic mass is 16.5. The second-order valence-electron chi connectivity index (χ2n) is 5.64. The molecule has 1 aliphatic rings. The largest absolute Gasteiger partial charge is 0.496 e. The molecule has 0 atom stereocenters. The Morgan fingerprint density at radius 3 is 2.86 bits per heavy atom. The molecule has 0 radical (unpaired) electrons. The Labute approximate surface area is 125 Å². The third kappa shape index (κ3) is 2.60. The fourth-order valence-electron chi connectivity index (χ4n) is 3.24. The van der Waals surface area contributed by atoms with Gasteiger partial charge in [-0.3, -0.25) is 4.79 Å². The van der Waals surface area contributed by atoms with Crippen molar-refractivity contribution < 1.29 is 9.53 Å². The fourth-order valence-corrected chi connectivity index (χ4v) is 3.24. The molecule has 3 heteroatoms. The third-order valence-corrected chi connectivity index (χ3v) is 4.33. The van der Waals surface area contributed by atoms with Crippen molar-refractivity contribution in [3.05, 3.63) is 52.8 Å². The van der Waals surface area contributed by atoms with E-state index < -0.39 is 0 Å². The number of nitrogens with zero attached hydrogens (tertiary/aromatic N) is 1. The summed E-state index contributed by atoms with van der Waals surface area (Å²) in [7, 11) is 1.71. The topological polar surface area (TPSA) is 31.2 Å². The van der Waals surface area contributed by atoms with E-state index in [0.29, 0.717) is 12.2 Å². The molecule has 2 aromatic rings. The summed E-state index contributed by atoms with van der Waals surface area (Å²) in [5.41, 5.74) is 4.56. The van der Waals surface area contributed by atoms with Gasteiger partial charge in [0.05, 0.1) is 7.11 Å². The number of para-hydroxylation sites is 1. The predicted molar refractivity (Wildman–Crippen MR) is 83.1 cm³/mol. The lowest BCUT2D eigenvalue weighted by Crippen LogP contribution is -2.14. The number of benzene rings is 1. The molecule has 0 N–H and O–H groups in total. The van der Waals surface area contributed by atoms with Gasteiger partial charge in [0.15, 0.2) is 5.78 Å². The Balaban J connectivity index is 1.84. The zero-order valence-corrected chi connectivity index (χ0v) is 12.7. The van der Waals surface area contributed by atoms with Crippen LogP contribution in [0, 0.1) is 6.92 Å². The standard InChI is InChI=1S/C18H21NO2/c1-13-12-15-16(7-5-8-17(15)20)19(13)11-10-14-6-3-4-9-18(14)21-2/h3-4,6,9,12H,5,7-8,10-11H2,1-2H3. The minimum Gasteiger partial charge on any atom is -0.496 e. The van der Waals surface area contributed by atoms with Crippen molar-refractivity contribution in [3.63, 3.8) is 0 Å². The SMILES string of the molecule is COc1ccccc1CCn1c(C)cc2c1CCCC2=O. The van der Waals surface area contributed by atoms with Crippen LogP contribution >= 0.6 is 0 Å². The van der Waals surface area contributed by atoms with Gasteiger partial charge in [-0.15, -0.1) is 0 Å². The lowest BCUT2D eigenvalue weighted by atomic mass is 9.96. The minimum atomic E-state index is 0.301. The number of carbonyl (C=O) groups is 1. The van der Waals surface area contributed by atoms with Crippen LogP contribution in [0.2, 0.25) is 0 Å². The molecule has 0 fully saturated rings. The number of ketones is 1. The number of fused-ring (bicyclic) bond motifs is 1. The van der Waals surface area contributed by atoms with Crippen molar-refractivity contribution in [2.75, 3.05) is 7.11 Å². The van der Waals surface area contributed by atoms with E-state index in [4.69, 9.17) is 4.74 Å². The second kappa shape index (κ2) is 5.76. The van der Waals surface area contributed by atoms with Gasteiger partial charge in [0.25, 0.3) is 0 Å². The third-order valence-electron chi connectivity index (χ3n) is 4.33. The quantitative estimate of drug-likeness (QED) is 0.859. The zero-order chi connectivity index (χ0) is 14.8. The van der Waals surface area contributed by atoms with Crippen molar-refractivity contribution in [2.45, 2.75) is 39.2 Å². The van der Waals surface area contributed by atoms with Crippen molar-refractivity contribution in [3.8, 4) is 5.75 Å². The molecule has 3 rings (SSSR count). The van der Waals surface area contributed by atoms with Gasteiger partial charge in [0.1, 0.15) is 5.75 Å². The number of ether oxygens (including phenoxy) is 1. The van der Waals surface area contributed by atoms with Gasteiger partial charge in [0.2, 0.25) is 0 Å². The first kappa shape index (κ1) is 13.9. The summed E-state index contributed by atoms with van der Waals surface area (Å²) >= 11 is 0. The summed E-state index contributed by atoms with van der Waals surface area (Å²) in [6.45, 7) is 2.99. The number of methoxy groups -OCH3 is 1. The maximum atomic E-state index is 12.0. The number of carbonyl (C=O) groups excluding carboxylic acids is 1. The molecule has 110 valence electrons. The fraction of sp³-hybridized carbons (Fsp3) is 0.389. The normalized spacial score (nSPS) is 14.1. The number of rotatable bonds is 4. The van der Waals surface area contributed by atoms with Crippen molar-refractivity contribution in [2.24, 2.45) is 0 Å². The van der Waals surface area contributed by atoms with Crippen LogP contribution in [0.1, 0.15) is 40.2 Å². The zero-order valence-electron chi connectivity index (χ0n) is 12.7. The first-order valence-electron chi connectivity index (χ1n) is 7.55. The average Bonchev–Trinajstić information content (AvgIpc) is 2.83. The smallest absolute Gasteiger partial charge is 0.164 e. The molecule has 0 spiro atoms. The van der Waals surface area contributed by atoms with Crippen LogP contribution in [0.25, 0.3) is 0 Å². The molecule has 0 amide bonds. The summed E-state index contributed by atoms with van der Waals surface area (Å²) in [5.74, 6) is 1.24. The summed E-state index contributed by atoms with van der Waals surface area (Å²) in [5, 5.41) is 0. The van der Waals surface area contributed by atoms with Crippen LogP contribution in [-0.4, -0.2) is 17.5 Å². The van der Waals surface area contributed by atoms with E-state index in [1.165, 1.54) is 17.0 Å². The molecule has 0 bridgehead atoms. The highest BCUT2D eigenvalue weighted by Gasteiger charge is 2.22. The van der Waals surface area contributed by atoms with Gasteiger partial charge in [-0.25, -0.2) is 0 Å². The van der Waals surface area contributed by atoms with E-state index in [1.54, 1.807) is 7.11 Å². The molecule has 1 aliphatic carbocycles. The van der Waals surface area contributed by atoms with Crippen LogP contribution in [0.5, 0.6) is 5.75 Å². The van der Waals surface area contributed by atoms with Gasteiger partial charge < -0.3 is 9.30 Å². The van der Waals surface area contributed by atoms with Crippen molar-refractivity contribution in [1.29, 1.82) is 0 Å². The number of aryl methyl sites for hydroxylation is 2. The highest BCUT2D eigenvalue weighted by Crippen LogP contribution is 2.26. The summed E-state index contributed by atoms with van der Waals surface area (Å²) in [4.78, 5) is 12.0. The molecule has 21 heavy (non-hydrogen) atoms. The summed E-state index contributed by atoms with van der Waals surface area (Å²) in [6.07, 6.45) is 3.61. The van der Waals surface area contributed by atoms with E-state index in [9.17, 15) is 4.79 Å². The Morgan fingerprint density at radius 1 is 1.24 bits per heavy atom. The molecular formula is C18H21NO2. The Kier molecular flexibility index (Phi) is 3.82. The van der Waals surface area contributed by atoms with Crippen LogP contribution in [-0.2, 0) is 19.4 Å². The van der Waals surface area contributed by atoms with Gasteiger partial charge in [-0.2, -0.15) is 0 Å². The van der Waals surface area contributed by atoms with Gasteiger partial charge in [-0.05, 0) is 43.9 Å². The van der Waals surface area contributed by atoms with Gasteiger partial charge in [-0.1, -0.05) is 18.2 Å². The minimum absolute atomic E-state index is 0.301. The highest BCUT2D eigenvalue weighted by molar-refractivity contribution is 5.98. The Hall–Kier alpha value is -2.03. The van der Waals surface area contributed by atoms with E-state index in [2.05, 4.69) is 23.6 Å². The van der Waals surface area contributed by atoms with Crippen molar-refractivity contribution in [1.82, 2.24) is 4.57 Å². The first-order chi connectivity index (χ1) is 10.2. The lowest BCUT2D eigenvalue weighted by molar-refractivity contribution is 0.0971. The van der Waals surface area contributed by atoms with E-state index in [-0.39, 0.29) is 0 Å². The molecule has 1 aromatic carbocycles. The van der Waals surface area contributed by atoms with Crippen LogP contribution < -0.4 is 4.74 Å². The maximum absolute atomic E-state index is 12.0. The Morgan fingerprint density at radius 2 is 2.05 bits per heavy atom. The lowest BCUT2D eigenvalue weighted by Gasteiger charge is -2.16. The molecule has 0 saturated carbocycles. The van der Waals surface area contributed by atoms with Crippen LogP contribution in [0.3, 0.4) is 0 Å². The molecule has 1 aromatic heterocycles. The number of hydrogen-bond acceptors (Lipinski definition) is 2. The van der Waals surface area contributed by atoms with Crippen LogP contribution in [0.15, 0.2) is 30.3 Å². The predicted octanol–water partition coefficient (Wildman–Crippen LogP) is 3.57. The summed E-state index contributed by atoms with van der Waals surface area (Å²) in [6, 6.07) is 10.2. The summed E-state index contributed by atoms with van der Waals surface area (Å²) < 4.78 is 7.72. The van der Waals surface area contributed by atoms with E-state index >= 15 is 0 Å². The molecule has 0 saturated heterocycles. The monoisotopic (exact) mass is 283 g/mol.